The third-order valence-electron chi connectivity index (χ3n) is 5.55. The summed E-state index contributed by atoms with van der Waals surface area (Å²) in [5.41, 5.74) is -0.292. The second-order valence-corrected chi connectivity index (χ2v) is 8.32. The minimum absolute atomic E-state index is 0.0946. The highest BCUT2D eigenvalue weighted by Gasteiger charge is 2.38. The minimum atomic E-state index is -5.20. The highest BCUT2D eigenvalue weighted by molar-refractivity contribution is 5.85. The molecule has 0 aliphatic rings. The van der Waals surface area contributed by atoms with Gasteiger partial charge in [-0.1, -0.05) is 12.1 Å². The number of nitrogens with zero attached hydrogens (tertiary/aromatic N) is 1. The molecule has 0 amide bonds. The zero-order valence-corrected chi connectivity index (χ0v) is 19.3. The lowest BCUT2D eigenvalue weighted by Crippen LogP contribution is -2.11. The van der Waals surface area contributed by atoms with Crippen molar-refractivity contribution in [2.24, 2.45) is 0 Å². The number of benzene rings is 3. The maximum Gasteiger partial charge on any atom is 0.432 e. The van der Waals surface area contributed by atoms with Crippen molar-refractivity contribution in [2.45, 2.75) is 25.1 Å². The first kappa shape index (κ1) is 27.7. The van der Waals surface area contributed by atoms with E-state index in [1.807, 2.05) is 0 Å². The number of aromatic amines is 1. The largest absolute Gasteiger partial charge is 0.506 e. The number of anilines is 1. The lowest BCUT2D eigenvalue weighted by Gasteiger charge is -2.19. The summed E-state index contributed by atoms with van der Waals surface area (Å²) in [6.45, 7) is -0.238. The molecule has 4 N–H and O–H groups in total. The molecule has 3 aromatic carbocycles. The first-order chi connectivity index (χ1) is 18.0. The molecule has 1 heterocycles. The fraction of sp³-hybridized carbons (Fsp3) is 0.160. The van der Waals surface area contributed by atoms with E-state index in [9.17, 15) is 44.6 Å². The van der Waals surface area contributed by atoms with Gasteiger partial charge in [0.25, 0.3) is 0 Å². The molecule has 39 heavy (non-hydrogen) atoms. The number of nitrogens with two attached hydrogens (primary N) is 1. The van der Waals surface area contributed by atoms with E-state index >= 15 is 0 Å². The number of hydrogen-bond acceptors (Lipinski definition) is 4. The Balaban J connectivity index is 1.91. The highest BCUT2D eigenvalue weighted by atomic mass is 19.4. The number of hydrogen-bond donors (Lipinski definition) is 3. The zero-order valence-electron chi connectivity index (χ0n) is 19.3. The third kappa shape index (κ3) is 6.04. The number of phenols is 1. The maximum atomic E-state index is 13.5. The number of alkyl halides is 9. The van der Waals surface area contributed by atoms with Gasteiger partial charge >= 0.3 is 18.5 Å². The van der Waals surface area contributed by atoms with Crippen LogP contribution in [0, 0.1) is 0 Å². The minimum Gasteiger partial charge on any atom is -0.506 e. The fourth-order valence-electron chi connectivity index (χ4n) is 3.66. The van der Waals surface area contributed by atoms with Crippen molar-refractivity contribution >= 4 is 5.69 Å². The first-order valence-electron chi connectivity index (χ1n) is 10.8. The molecule has 0 unspecified atom stereocenters. The molecular formula is C25H16F9N3O2. The molecule has 4 rings (SSSR count). The zero-order chi connectivity index (χ0) is 28.8. The quantitative estimate of drug-likeness (QED) is 0.173. The van der Waals surface area contributed by atoms with Gasteiger partial charge in [0.15, 0.2) is 0 Å². The number of aromatic nitrogens is 2. The number of halogens is 9. The molecular weight excluding hydrogens is 545 g/mol. The number of nitrogens with one attached hydrogen (secondary N) is 1. The van der Waals surface area contributed by atoms with Crippen LogP contribution in [0.5, 0.6) is 11.5 Å². The van der Waals surface area contributed by atoms with Crippen LogP contribution in [0.2, 0.25) is 0 Å². The molecule has 0 atom stereocenters. The molecule has 0 fully saturated rings. The Hall–Kier alpha value is -4.36. The van der Waals surface area contributed by atoms with Gasteiger partial charge in [-0.2, -0.15) is 44.6 Å². The number of H-pyrrole nitrogens is 1. The normalized spacial score (nSPS) is 12.5. The average Bonchev–Trinajstić information content (AvgIpc) is 3.33. The van der Waals surface area contributed by atoms with Crippen LogP contribution in [-0.4, -0.2) is 15.3 Å². The highest BCUT2D eigenvalue weighted by Crippen LogP contribution is 2.47. The van der Waals surface area contributed by atoms with Gasteiger partial charge < -0.3 is 15.6 Å². The van der Waals surface area contributed by atoms with Crippen molar-refractivity contribution in [1.82, 2.24) is 10.2 Å². The second-order valence-electron chi connectivity index (χ2n) is 8.32. The Morgan fingerprint density at radius 2 is 1.36 bits per heavy atom. The van der Waals surface area contributed by atoms with Crippen LogP contribution >= 0.6 is 0 Å². The number of ether oxygens (including phenoxy) is 1. The number of phenolic OH excluding ortho intramolecular Hbond substituents is 1. The Labute approximate surface area is 213 Å². The van der Waals surface area contributed by atoms with E-state index in [1.165, 1.54) is 12.1 Å². The van der Waals surface area contributed by atoms with Gasteiger partial charge in [0.05, 0.1) is 22.4 Å². The average molecular weight is 561 g/mol. The van der Waals surface area contributed by atoms with Crippen LogP contribution in [0.15, 0.2) is 60.7 Å². The molecule has 0 radical (unpaired) electrons. The Morgan fingerprint density at radius 1 is 0.769 bits per heavy atom. The molecule has 14 heteroatoms. The lowest BCUT2D eigenvalue weighted by molar-refractivity contribution is -0.143. The Kier molecular flexibility index (Phi) is 6.91. The van der Waals surface area contributed by atoms with E-state index in [0.29, 0.717) is 29.4 Å². The standard InChI is InChI=1S/C25H16F9N3O2/c26-23(27,28)14-7-13(8-15(9-14)24(29,30)31)21-19(39-11-12-1-3-16(35)4-2-12)6-5-17(22(21)38)18-10-20(37-36-18)25(32,33)34/h1-10,38H,11,35H2,(H,36,37). The summed E-state index contributed by atoms with van der Waals surface area (Å²) < 4.78 is 126. The van der Waals surface area contributed by atoms with Gasteiger partial charge in [0, 0.05) is 11.3 Å². The van der Waals surface area contributed by atoms with Crippen LogP contribution in [0.25, 0.3) is 22.4 Å². The summed E-state index contributed by atoms with van der Waals surface area (Å²) in [5, 5.41) is 16.2. The van der Waals surface area contributed by atoms with E-state index in [-0.39, 0.29) is 18.4 Å². The summed E-state index contributed by atoms with van der Waals surface area (Å²) >= 11 is 0. The predicted molar refractivity (Wildman–Crippen MR) is 121 cm³/mol. The van der Waals surface area contributed by atoms with E-state index in [1.54, 1.807) is 17.2 Å². The van der Waals surface area contributed by atoms with Crippen molar-refractivity contribution in [3.63, 3.8) is 0 Å². The van der Waals surface area contributed by atoms with Gasteiger partial charge in [0.2, 0.25) is 0 Å². The third-order valence-corrected chi connectivity index (χ3v) is 5.55. The molecule has 1 aromatic heterocycles. The number of rotatable bonds is 5. The number of aromatic hydroxyl groups is 1. The molecule has 0 saturated carbocycles. The topological polar surface area (TPSA) is 84.2 Å². The summed E-state index contributed by atoms with van der Waals surface area (Å²) in [6.07, 6.45) is -15.2. The Morgan fingerprint density at radius 3 is 1.87 bits per heavy atom. The molecule has 0 bridgehead atoms. The van der Waals surface area contributed by atoms with E-state index in [0.717, 1.165) is 12.1 Å². The van der Waals surface area contributed by atoms with Crippen molar-refractivity contribution < 1.29 is 49.4 Å². The van der Waals surface area contributed by atoms with Crippen LogP contribution in [0.4, 0.5) is 45.2 Å². The second kappa shape index (κ2) is 9.75. The monoisotopic (exact) mass is 561 g/mol. The summed E-state index contributed by atoms with van der Waals surface area (Å²) in [4.78, 5) is 0. The molecule has 0 saturated heterocycles. The van der Waals surface area contributed by atoms with Crippen molar-refractivity contribution in [2.75, 3.05) is 5.73 Å². The van der Waals surface area contributed by atoms with Crippen LogP contribution in [-0.2, 0) is 25.1 Å². The van der Waals surface area contributed by atoms with E-state index in [2.05, 4.69) is 5.10 Å². The molecule has 5 nitrogen and oxygen atoms in total. The molecule has 206 valence electrons. The predicted octanol–water partition coefficient (Wildman–Crippen LogP) is 7.67. The van der Waals surface area contributed by atoms with Crippen LogP contribution in [0.1, 0.15) is 22.4 Å². The van der Waals surface area contributed by atoms with Gasteiger partial charge in [0.1, 0.15) is 23.8 Å². The summed E-state index contributed by atoms with van der Waals surface area (Å²) in [7, 11) is 0. The lowest BCUT2D eigenvalue weighted by atomic mass is 9.95. The maximum absolute atomic E-state index is 13.5. The SMILES string of the molecule is Nc1ccc(COc2ccc(-c3cc(C(F)(F)F)[nH]n3)c(O)c2-c2cc(C(F)(F)F)cc(C(F)(F)F)c2)cc1. The Bertz CT molecular complexity index is 1460. The molecule has 0 aliphatic heterocycles. The van der Waals surface area contributed by atoms with E-state index in [4.69, 9.17) is 10.5 Å². The summed E-state index contributed by atoms with van der Waals surface area (Å²) in [6, 6.07) is 9.50. The first-order valence-corrected chi connectivity index (χ1v) is 10.8. The summed E-state index contributed by atoms with van der Waals surface area (Å²) in [5.74, 6) is -1.29. The number of nitrogen functional groups attached to an aromatic ring is 1. The van der Waals surface area contributed by atoms with Crippen molar-refractivity contribution in [1.29, 1.82) is 0 Å². The van der Waals surface area contributed by atoms with Crippen LogP contribution < -0.4 is 10.5 Å². The van der Waals surface area contributed by atoms with Crippen molar-refractivity contribution in [3.8, 4) is 33.9 Å². The molecule has 4 aromatic rings. The van der Waals surface area contributed by atoms with Gasteiger partial charge in [-0.15, -0.1) is 0 Å². The van der Waals surface area contributed by atoms with Gasteiger partial charge in [-0.05, 0) is 59.7 Å². The van der Waals surface area contributed by atoms with Crippen LogP contribution in [0.3, 0.4) is 0 Å². The fourth-order valence-corrected chi connectivity index (χ4v) is 3.66. The van der Waals surface area contributed by atoms with Crippen molar-refractivity contribution in [3.05, 3.63) is 83.0 Å². The smallest absolute Gasteiger partial charge is 0.432 e. The van der Waals surface area contributed by atoms with E-state index < -0.39 is 63.5 Å². The molecule has 0 aliphatic carbocycles. The molecule has 0 spiro atoms. The van der Waals surface area contributed by atoms with Gasteiger partial charge in [-0.3, -0.25) is 5.10 Å². The van der Waals surface area contributed by atoms with Gasteiger partial charge in [-0.25, -0.2) is 0 Å².